The molecule has 0 saturated carbocycles. The number of aryl methyl sites for hydroxylation is 1. The molecule has 0 saturated heterocycles. The zero-order valence-electron chi connectivity index (χ0n) is 8.50. The molecule has 0 radical (unpaired) electrons. The summed E-state index contributed by atoms with van der Waals surface area (Å²) in [7, 11) is 0. The lowest BCUT2D eigenvalue weighted by Gasteiger charge is -2.05. The average molecular weight is 193 g/mol. The number of nitrogens with one attached hydrogen (secondary N) is 1. The summed E-state index contributed by atoms with van der Waals surface area (Å²) in [5.74, 6) is 0.291. The molecule has 0 spiro atoms. The average Bonchev–Trinajstić information content (AvgIpc) is 2.18. The molecular formula is C10H15N3O. The lowest BCUT2D eigenvalue weighted by molar-refractivity contribution is 0.0992. The van der Waals surface area contributed by atoms with Crippen molar-refractivity contribution in [3.05, 3.63) is 23.4 Å². The molecule has 0 aliphatic carbocycles. The number of hydrogen-bond donors (Lipinski definition) is 2. The van der Waals surface area contributed by atoms with Gasteiger partial charge < -0.3 is 11.1 Å². The Bertz CT molecular complexity index is 336. The number of carbonyl (C=O) groups is 1. The maximum absolute atomic E-state index is 11.6. The van der Waals surface area contributed by atoms with Crippen LogP contribution < -0.4 is 11.1 Å². The number of ketones is 1. The number of carbonyl (C=O) groups excluding carboxylic acids is 1. The molecule has 1 aromatic rings. The first-order valence-corrected chi connectivity index (χ1v) is 4.61. The minimum Gasteiger partial charge on any atom is -0.383 e. The first-order chi connectivity index (χ1) is 6.65. The highest BCUT2D eigenvalue weighted by Gasteiger charge is 2.09. The van der Waals surface area contributed by atoms with Gasteiger partial charge in [-0.15, -0.1) is 0 Å². The largest absolute Gasteiger partial charge is 0.383 e. The zero-order valence-corrected chi connectivity index (χ0v) is 8.50. The Morgan fingerprint density at radius 3 is 3.00 bits per heavy atom. The van der Waals surface area contributed by atoms with E-state index >= 15 is 0 Å². The zero-order chi connectivity index (χ0) is 10.6. The molecule has 1 heterocycles. The molecule has 0 aliphatic heterocycles. The Kier molecular flexibility index (Phi) is 3.59. The smallest absolute Gasteiger partial charge is 0.180 e. The molecule has 1 aromatic heterocycles. The maximum Gasteiger partial charge on any atom is 0.180 e. The number of nitrogen functional groups attached to an aromatic ring is 1. The summed E-state index contributed by atoms with van der Waals surface area (Å²) in [4.78, 5) is 15.5. The van der Waals surface area contributed by atoms with Crippen LogP contribution in [0.1, 0.15) is 22.8 Å². The van der Waals surface area contributed by atoms with Gasteiger partial charge in [-0.1, -0.05) is 6.92 Å². The van der Waals surface area contributed by atoms with Gasteiger partial charge in [-0.05, 0) is 25.1 Å². The molecule has 0 bridgehead atoms. The van der Waals surface area contributed by atoms with Crippen molar-refractivity contribution in [3.63, 3.8) is 0 Å². The van der Waals surface area contributed by atoms with Crippen molar-refractivity contribution in [1.29, 1.82) is 0 Å². The fraction of sp³-hybridized carbons (Fsp3) is 0.400. The summed E-state index contributed by atoms with van der Waals surface area (Å²) in [5, 5.41) is 2.96. The molecule has 0 unspecified atom stereocenters. The number of nitrogens with two attached hydrogens (primary N) is 1. The Morgan fingerprint density at radius 2 is 2.36 bits per heavy atom. The molecule has 0 fully saturated rings. The monoisotopic (exact) mass is 193 g/mol. The molecule has 3 N–H and O–H groups in total. The Morgan fingerprint density at radius 1 is 1.64 bits per heavy atom. The fourth-order valence-corrected chi connectivity index (χ4v) is 1.14. The minimum atomic E-state index is -0.0134. The number of Topliss-reactive ketones (excluding diaryl/α,β-unsaturated/α-hetero) is 1. The van der Waals surface area contributed by atoms with Gasteiger partial charge in [0.1, 0.15) is 5.82 Å². The quantitative estimate of drug-likeness (QED) is 0.693. The normalized spacial score (nSPS) is 10.1. The molecule has 14 heavy (non-hydrogen) atoms. The Hall–Kier alpha value is -1.42. The third-order valence-electron chi connectivity index (χ3n) is 1.89. The lowest BCUT2D eigenvalue weighted by Crippen LogP contribution is -2.23. The first-order valence-electron chi connectivity index (χ1n) is 4.61. The summed E-state index contributed by atoms with van der Waals surface area (Å²) < 4.78 is 0. The van der Waals surface area contributed by atoms with Crippen molar-refractivity contribution >= 4 is 11.6 Å². The Labute approximate surface area is 83.5 Å². The predicted molar refractivity (Wildman–Crippen MR) is 56.3 cm³/mol. The van der Waals surface area contributed by atoms with Crippen molar-refractivity contribution in [1.82, 2.24) is 10.3 Å². The standard InChI is InChI=1S/C10H15N3O/c1-3-12-6-9(14)8-4-7(2)5-13-10(8)11/h4-5,12H,3,6H2,1-2H3,(H2,11,13). The molecule has 0 aromatic carbocycles. The number of hydrogen-bond acceptors (Lipinski definition) is 4. The number of pyridine rings is 1. The third kappa shape index (κ3) is 2.53. The van der Waals surface area contributed by atoms with Crippen molar-refractivity contribution < 1.29 is 4.79 Å². The number of rotatable bonds is 4. The van der Waals surface area contributed by atoms with E-state index in [1.165, 1.54) is 0 Å². The predicted octanol–water partition coefficient (Wildman–Crippen LogP) is 0.764. The summed E-state index contributed by atoms with van der Waals surface area (Å²) in [5.41, 5.74) is 7.05. The van der Waals surface area contributed by atoms with Gasteiger partial charge in [-0.2, -0.15) is 0 Å². The van der Waals surface area contributed by atoms with Crippen LogP contribution in [0.15, 0.2) is 12.3 Å². The first kappa shape index (κ1) is 10.7. The van der Waals surface area contributed by atoms with E-state index in [9.17, 15) is 4.79 Å². The molecule has 0 aliphatic rings. The summed E-state index contributed by atoms with van der Waals surface area (Å²) in [6.07, 6.45) is 1.65. The van der Waals surface area contributed by atoms with E-state index in [4.69, 9.17) is 5.73 Å². The number of anilines is 1. The molecular weight excluding hydrogens is 178 g/mol. The van der Waals surface area contributed by atoms with Crippen LogP contribution in [0.4, 0.5) is 5.82 Å². The highest BCUT2D eigenvalue weighted by Crippen LogP contribution is 2.10. The molecule has 76 valence electrons. The second-order valence-electron chi connectivity index (χ2n) is 3.15. The SMILES string of the molecule is CCNCC(=O)c1cc(C)cnc1N. The van der Waals surface area contributed by atoms with Crippen LogP contribution in [-0.2, 0) is 0 Å². The van der Waals surface area contributed by atoms with Gasteiger partial charge in [-0.3, -0.25) is 4.79 Å². The lowest BCUT2D eigenvalue weighted by atomic mass is 10.1. The van der Waals surface area contributed by atoms with E-state index in [0.717, 1.165) is 12.1 Å². The van der Waals surface area contributed by atoms with E-state index in [2.05, 4.69) is 10.3 Å². The van der Waals surface area contributed by atoms with E-state index in [1.807, 2.05) is 13.8 Å². The second kappa shape index (κ2) is 4.72. The van der Waals surface area contributed by atoms with Gasteiger partial charge in [0.2, 0.25) is 0 Å². The van der Waals surface area contributed by atoms with Gasteiger partial charge in [-0.25, -0.2) is 4.98 Å². The van der Waals surface area contributed by atoms with Gasteiger partial charge in [0.05, 0.1) is 12.1 Å². The van der Waals surface area contributed by atoms with Gasteiger partial charge in [0.25, 0.3) is 0 Å². The van der Waals surface area contributed by atoms with E-state index in [0.29, 0.717) is 17.9 Å². The van der Waals surface area contributed by atoms with Gasteiger partial charge in [0, 0.05) is 6.20 Å². The second-order valence-corrected chi connectivity index (χ2v) is 3.15. The fourth-order valence-electron chi connectivity index (χ4n) is 1.14. The van der Waals surface area contributed by atoms with Gasteiger partial charge >= 0.3 is 0 Å². The topological polar surface area (TPSA) is 68.0 Å². The van der Waals surface area contributed by atoms with Crippen LogP contribution in [0, 0.1) is 6.92 Å². The third-order valence-corrected chi connectivity index (χ3v) is 1.89. The van der Waals surface area contributed by atoms with Crippen molar-refractivity contribution in [2.75, 3.05) is 18.8 Å². The molecule has 4 heteroatoms. The molecule has 1 rings (SSSR count). The van der Waals surface area contributed by atoms with Gasteiger partial charge in [0.15, 0.2) is 5.78 Å². The van der Waals surface area contributed by atoms with Crippen LogP contribution in [0.25, 0.3) is 0 Å². The molecule has 0 atom stereocenters. The van der Waals surface area contributed by atoms with E-state index < -0.39 is 0 Å². The summed E-state index contributed by atoms with van der Waals surface area (Å²) in [6.45, 7) is 4.92. The highest BCUT2D eigenvalue weighted by atomic mass is 16.1. The summed E-state index contributed by atoms with van der Waals surface area (Å²) >= 11 is 0. The molecule has 4 nitrogen and oxygen atoms in total. The highest BCUT2D eigenvalue weighted by molar-refractivity contribution is 6.01. The maximum atomic E-state index is 11.6. The van der Waals surface area contributed by atoms with Crippen molar-refractivity contribution in [3.8, 4) is 0 Å². The van der Waals surface area contributed by atoms with Crippen LogP contribution in [0.2, 0.25) is 0 Å². The van der Waals surface area contributed by atoms with Crippen LogP contribution in [-0.4, -0.2) is 23.9 Å². The van der Waals surface area contributed by atoms with Crippen LogP contribution in [0.5, 0.6) is 0 Å². The minimum absolute atomic E-state index is 0.0134. The number of likely N-dealkylation sites (N-methyl/N-ethyl adjacent to an activating group) is 1. The van der Waals surface area contributed by atoms with Crippen LogP contribution >= 0.6 is 0 Å². The number of aromatic nitrogens is 1. The number of nitrogens with zero attached hydrogens (tertiary/aromatic N) is 1. The van der Waals surface area contributed by atoms with E-state index in [1.54, 1.807) is 12.3 Å². The van der Waals surface area contributed by atoms with Crippen molar-refractivity contribution in [2.24, 2.45) is 0 Å². The van der Waals surface area contributed by atoms with E-state index in [-0.39, 0.29) is 5.78 Å². The molecule has 0 amide bonds. The van der Waals surface area contributed by atoms with Crippen molar-refractivity contribution in [2.45, 2.75) is 13.8 Å². The van der Waals surface area contributed by atoms with Crippen LogP contribution in [0.3, 0.4) is 0 Å². The summed E-state index contributed by atoms with van der Waals surface area (Å²) in [6, 6.07) is 1.77. The Balaban J connectivity index is 2.83.